The highest BCUT2D eigenvalue weighted by Crippen LogP contribution is 2.15. The molecule has 2 heterocycles. The van der Waals surface area contributed by atoms with Crippen molar-refractivity contribution >= 4 is 16.9 Å². The van der Waals surface area contributed by atoms with Crippen LogP contribution in [0.25, 0.3) is 11.0 Å². The maximum Gasteiger partial charge on any atom is 0.329 e. The van der Waals surface area contributed by atoms with E-state index >= 15 is 0 Å². The van der Waals surface area contributed by atoms with E-state index in [9.17, 15) is 9.59 Å². The summed E-state index contributed by atoms with van der Waals surface area (Å²) >= 11 is 0. The van der Waals surface area contributed by atoms with Gasteiger partial charge in [-0.25, -0.2) is 4.79 Å². The quantitative estimate of drug-likeness (QED) is 0.846. The molecule has 1 amide bonds. The molecule has 130 valence electrons. The Bertz CT molecular complexity index is 752. The molecule has 5 nitrogen and oxygen atoms in total. The molecule has 24 heavy (non-hydrogen) atoms. The number of carbonyl (C=O) groups is 1. The summed E-state index contributed by atoms with van der Waals surface area (Å²) in [6.07, 6.45) is 5.95. The van der Waals surface area contributed by atoms with Crippen molar-refractivity contribution in [3.8, 4) is 0 Å². The standard InChI is InChI=1S/C19H27N3O2/c1-2-12-21-16-9-5-6-10-17(16)22(19(21)24)15-11-18(23)20-13-7-3-4-8-14-20/h5-6,9-10H,2-4,7-8,11-15H2,1H3. The Kier molecular flexibility index (Phi) is 5.38. The zero-order chi connectivity index (χ0) is 16.9. The minimum absolute atomic E-state index is 0.00159. The lowest BCUT2D eigenvalue weighted by Gasteiger charge is -2.20. The third-order valence-electron chi connectivity index (χ3n) is 4.88. The largest absolute Gasteiger partial charge is 0.343 e. The fraction of sp³-hybridized carbons (Fsp3) is 0.579. The number of amides is 1. The average molecular weight is 329 g/mol. The summed E-state index contributed by atoms with van der Waals surface area (Å²) in [6, 6.07) is 7.87. The van der Waals surface area contributed by atoms with E-state index in [1.807, 2.05) is 33.7 Å². The zero-order valence-electron chi connectivity index (χ0n) is 14.5. The van der Waals surface area contributed by atoms with Crippen molar-refractivity contribution in [1.29, 1.82) is 0 Å². The molecule has 0 radical (unpaired) electrons. The summed E-state index contributed by atoms with van der Waals surface area (Å²) in [5.41, 5.74) is 1.90. The van der Waals surface area contributed by atoms with E-state index in [1.54, 1.807) is 4.57 Å². The first-order chi connectivity index (χ1) is 11.7. The lowest BCUT2D eigenvalue weighted by Crippen LogP contribution is -2.33. The van der Waals surface area contributed by atoms with Gasteiger partial charge >= 0.3 is 5.69 Å². The third kappa shape index (κ3) is 3.40. The van der Waals surface area contributed by atoms with Crippen molar-refractivity contribution in [2.75, 3.05) is 13.1 Å². The van der Waals surface area contributed by atoms with Gasteiger partial charge in [0.05, 0.1) is 11.0 Å². The maximum atomic E-state index is 12.7. The maximum absolute atomic E-state index is 12.7. The molecular weight excluding hydrogens is 302 g/mol. The van der Waals surface area contributed by atoms with Gasteiger partial charge in [-0.15, -0.1) is 0 Å². The van der Waals surface area contributed by atoms with Crippen LogP contribution in [-0.2, 0) is 17.9 Å². The zero-order valence-corrected chi connectivity index (χ0v) is 14.5. The number of nitrogens with zero attached hydrogens (tertiary/aromatic N) is 3. The normalized spacial score (nSPS) is 15.6. The van der Waals surface area contributed by atoms with Crippen LogP contribution >= 0.6 is 0 Å². The van der Waals surface area contributed by atoms with E-state index in [4.69, 9.17) is 0 Å². The van der Waals surface area contributed by atoms with Crippen LogP contribution in [0.5, 0.6) is 0 Å². The lowest BCUT2D eigenvalue weighted by atomic mass is 10.2. The Morgan fingerprint density at radius 1 is 0.958 bits per heavy atom. The van der Waals surface area contributed by atoms with Gasteiger partial charge < -0.3 is 4.90 Å². The van der Waals surface area contributed by atoms with Gasteiger partial charge in [0.15, 0.2) is 0 Å². The van der Waals surface area contributed by atoms with Gasteiger partial charge in [-0.1, -0.05) is 31.9 Å². The highest BCUT2D eigenvalue weighted by Gasteiger charge is 2.17. The molecule has 3 rings (SSSR count). The topological polar surface area (TPSA) is 47.2 Å². The summed E-state index contributed by atoms with van der Waals surface area (Å²) in [5, 5.41) is 0. The van der Waals surface area contributed by atoms with Gasteiger partial charge in [0.1, 0.15) is 0 Å². The van der Waals surface area contributed by atoms with Crippen molar-refractivity contribution in [1.82, 2.24) is 14.0 Å². The highest BCUT2D eigenvalue weighted by molar-refractivity contribution is 5.78. The van der Waals surface area contributed by atoms with Gasteiger partial charge in [0.2, 0.25) is 5.91 Å². The van der Waals surface area contributed by atoms with E-state index in [2.05, 4.69) is 6.92 Å². The molecule has 0 N–H and O–H groups in total. The highest BCUT2D eigenvalue weighted by atomic mass is 16.2. The van der Waals surface area contributed by atoms with Crippen molar-refractivity contribution in [3.63, 3.8) is 0 Å². The number of imidazole rings is 1. The number of aromatic nitrogens is 2. The minimum Gasteiger partial charge on any atom is -0.343 e. The van der Waals surface area contributed by atoms with Gasteiger partial charge in [0, 0.05) is 32.6 Å². The van der Waals surface area contributed by atoms with E-state index < -0.39 is 0 Å². The SMILES string of the molecule is CCCn1c(=O)n(CCC(=O)N2CCCCCC2)c2ccccc21. The van der Waals surface area contributed by atoms with Crippen LogP contribution in [0.2, 0.25) is 0 Å². The summed E-state index contributed by atoms with van der Waals surface area (Å²) in [4.78, 5) is 27.2. The minimum atomic E-state index is 0.00159. The third-order valence-corrected chi connectivity index (χ3v) is 4.88. The first kappa shape index (κ1) is 16.8. The molecule has 0 bridgehead atoms. The predicted octanol–water partition coefficient (Wildman–Crippen LogP) is 3.01. The molecule has 1 aliphatic heterocycles. The summed E-state index contributed by atoms with van der Waals surface area (Å²) in [5.74, 6) is 0.177. The lowest BCUT2D eigenvalue weighted by molar-refractivity contribution is -0.131. The number of hydrogen-bond donors (Lipinski definition) is 0. The van der Waals surface area contributed by atoms with Crippen LogP contribution in [-0.4, -0.2) is 33.0 Å². The second-order valence-corrected chi connectivity index (χ2v) is 6.62. The van der Waals surface area contributed by atoms with Crippen LogP contribution in [0.4, 0.5) is 0 Å². The van der Waals surface area contributed by atoms with Crippen LogP contribution < -0.4 is 5.69 Å². The average Bonchev–Trinajstić information content (AvgIpc) is 2.78. The number of para-hydroxylation sites is 2. The number of benzene rings is 1. The van der Waals surface area contributed by atoms with Gasteiger partial charge in [-0.05, 0) is 31.4 Å². The number of likely N-dealkylation sites (tertiary alicyclic amines) is 1. The first-order valence-electron chi connectivity index (χ1n) is 9.18. The molecule has 2 aromatic rings. The number of rotatable bonds is 5. The molecule has 0 spiro atoms. The smallest absolute Gasteiger partial charge is 0.329 e. The van der Waals surface area contributed by atoms with Gasteiger partial charge in [-0.2, -0.15) is 0 Å². The Balaban J connectivity index is 1.78. The first-order valence-corrected chi connectivity index (χ1v) is 9.18. The molecule has 0 saturated carbocycles. The molecule has 0 aliphatic carbocycles. The Hall–Kier alpha value is -2.04. The predicted molar refractivity (Wildman–Crippen MR) is 96.2 cm³/mol. The van der Waals surface area contributed by atoms with Crippen molar-refractivity contribution in [2.24, 2.45) is 0 Å². The van der Waals surface area contributed by atoms with Crippen molar-refractivity contribution in [3.05, 3.63) is 34.7 Å². The molecule has 0 atom stereocenters. The molecule has 1 saturated heterocycles. The van der Waals surface area contributed by atoms with Crippen molar-refractivity contribution in [2.45, 2.75) is 58.5 Å². The molecular formula is C19H27N3O2. The molecule has 1 aliphatic rings. The Morgan fingerprint density at radius 3 is 2.12 bits per heavy atom. The van der Waals surface area contributed by atoms with E-state index in [0.717, 1.165) is 43.4 Å². The Morgan fingerprint density at radius 2 is 1.54 bits per heavy atom. The molecule has 1 aromatic carbocycles. The number of aryl methyl sites for hydroxylation is 2. The van der Waals surface area contributed by atoms with E-state index in [0.29, 0.717) is 19.5 Å². The van der Waals surface area contributed by atoms with Crippen molar-refractivity contribution < 1.29 is 4.79 Å². The monoisotopic (exact) mass is 329 g/mol. The van der Waals surface area contributed by atoms with Crippen LogP contribution in [0, 0.1) is 0 Å². The second kappa shape index (κ2) is 7.69. The Labute approximate surface area is 142 Å². The van der Waals surface area contributed by atoms with Gasteiger partial charge in [-0.3, -0.25) is 13.9 Å². The fourth-order valence-corrected chi connectivity index (χ4v) is 3.61. The van der Waals surface area contributed by atoms with Crippen LogP contribution in [0.1, 0.15) is 45.4 Å². The molecule has 1 aromatic heterocycles. The van der Waals surface area contributed by atoms with Crippen LogP contribution in [0.15, 0.2) is 29.1 Å². The van der Waals surface area contributed by atoms with E-state index in [1.165, 1.54) is 12.8 Å². The summed E-state index contributed by atoms with van der Waals surface area (Å²) < 4.78 is 3.59. The number of fused-ring (bicyclic) bond motifs is 1. The van der Waals surface area contributed by atoms with Gasteiger partial charge in [0.25, 0.3) is 0 Å². The number of hydrogen-bond acceptors (Lipinski definition) is 2. The fourth-order valence-electron chi connectivity index (χ4n) is 3.61. The summed E-state index contributed by atoms with van der Waals surface area (Å²) in [6.45, 7) is 4.98. The molecule has 0 unspecified atom stereocenters. The van der Waals surface area contributed by atoms with Crippen LogP contribution in [0.3, 0.4) is 0 Å². The van der Waals surface area contributed by atoms with E-state index in [-0.39, 0.29) is 11.6 Å². The molecule has 1 fully saturated rings. The number of carbonyl (C=O) groups excluding carboxylic acids is 1. The second-order valence-electron chi connectivity index (χ2n) is 6.62. The summed E-state index contributed by atoms with van der Waals surface area (Å²) in [7, 11) is 0. The molecule has 5 heteroatoms.